The Morgan fingerprint density at radius 2 is 0.737 bits per heavy atom. The van der Waals surface area contributed by atoms with Gasteiger partial charge in [0.1, 0.15) is 0 Å². The minimum Gasteiger partial charge on any atom is -0.396 e. The summed E-state index contributed by atoms with van der Waals surface area (Å²) >= 11 is 0. The van der Waals surface area contributed by atoms with Gasteiger partial charge in [-0.25, -0.2) is 0 Å². The first-order chi connectivity index (χ1) is 8.91. The van der Waals surface area contributed by atoms with E-state index < -0.39 is 0 Å². The van der Waals surface area contributed by atoms with E-state index in [0.29, 0.717) is 6.61 Å². The van der Waals surface area contributed by atoms with Crippen molar-refractivity contribution in [1.29, 1.82) is 0 Å². The Bertz CT molecular complexity index is 118. The second-order valence-electron chi connectivity index (χ2n) is 5.67. The minimum atomic E-state index is 0. The largest absolute Gasteiger partial charge is 0.396 e. The summed E-state index contributed by atoms with van der Waals surface area (Å²) in [4.78, 5) is 0. The fourth-order valence-electron chi connectivity index (χ4n) is 2.48. The van der Waals surface area contributed by atoms with Crippen LogP contribution in [0.1, 0.15) is 111 Å². The van der Waals surface area contributed by atoms with Gasteiger partial charge in [0.15, 0.2) is 0 Å². The number of hydrogen-bond acceptors (Lipinski definition) is 1. The second-order valence-corrected chi connectivity index (χ2v) is 5.67. The summed E-state index contributed by atoms with van der Waals surface area (Å²) in [5, 5.41) is 8.66. The molecule has 0 spiro atoms. The van der Waals surface area contributed by atoms with Gasteiger partial charge < -0.3 is 5.11 Å². The zero-order chi connectivity index (χ0) is 13.3. The number of unbranched alkanes of at least 4 members (excludes halogenated alkanes) is 14. The summed E-state index contributed by atoms with van der Waals surface area (Å²) in [5.74, 6) is 0. The van der Waals surface area contributed by atoms with Gasteiger partial charge in [-0.1, -0.05) is 104 Å². The van der Waals surface area contributed by atoms with Crippen LogP contribution in [0.15, 0.2) is 0 Å². The topological polar surface area (TPSA) is 20.2 Å². The molecule has 0 fully saturated rings. The molecule has 0 heterocycles. The molecule has 118 valence electrons. The van der Waals surface area contributed by atoms with Crippen LogP contribution >= 0.6 is 0 Å². The molecule has 0 aliphatic carbocycles. The molecule has 0 atom stereocenters. The zero-order valence-corrected chi connectivity index (χ0v) is 12.8. The predicted octanol–water partition coefficient (Wildman–Crippen LogP) is 6.49. The van der Waals surface area contributed by atoms with Crippen molar-refractivity contribution in [3.05, 3.63) is 0 Å². The Morgan fingerprint density at radius 1 is 0.474 bits per heavy atom. The molecule has 0 bridgehead atoms. The maximum Gasteiger partial charge on any atom is 0.0431 e. The van der Waals surface area contributed by atoms with Gasteiger partial charge in [0.05, 0.1) is 0 Å². The molecule has 0 aliphatic rings. The van der Waals surface area contributed by atoms with Crippen LogP contribution < -0.4 is 0 Å². The highest BCUT2D eigenvalue weighted by molar-refractivity contribution is 4.49. The van der Waals surface area contributed by atoms with E-state index in [1.54, 1.807) is 0 Å². The van der Waals surface area contributed by atoms with Crippen LogP contribution in [-0.4, -0.2) is 11.7 Å². The minimum absolute atomic E-state index is 0. The molecular formula is C18H40O. The molecule has 1 heteroatoms. The smallest absolute Gasteiger partial charge is 0.0431 e. The molecule has 19 heavy (non-hydrogen) atoms. The number of aliphatic hydroxyl groups excluding tert-OH is 1. The third-order valence-corrected chi connectivity index (χ3v) is 3.76. The van der Waals surface area contributed by atoms with E-state index in [0.717, 1.165) is 6.42 Å². The van der Waals surface area contributed by atoms with Crippen molar-refractivity contribution in [1.82, 2.24) is 0 Å². The summed E-state index contributed by atoms with van der Waals surface area (Å²) in [6.45, 7) is 2.65. The van der Waals surface area contributed by atoms with Crippen LogP contribution in [0.3, 0.4) is 0 Å². The van der Waals surface area contributed by atoms with Gasteiger partial charge in [-0.15, -0.1) is 0 Å². The highest BCUT2D eigenvalue weighted by Gasteiger charge is 1.93. The average Bonchev–Trinajstić information content (AvgIpc) is 2.39. The van der Waals surface area contributed by atoms with Gasteiger partial charge in [-0.05, 0) is 6.42 Å². The van der Waals surface area contributed by atoms with E-state index in [9.17, 15) is 0 Å². The molecule has 0 radical (unpaired) electrons. The summed E-state index contributed by atoms with van der Waals surface area (Å²) in [5.41, 5.74) is 0. The van der Waals surface area contributed by atoms with E-state index in [2.05, 4.69) is 6.92 Å². The monoisotopic (exact) mass is 272 g/mol. The van der Waals surface area contributed by atoms with Crippen molar-refractivity contribution in [3.63, 3.8) is 0 Å². The molecule has 0 saturated carbocycles. The second kappa shape index (κ2) is 20.3. The Balaban J connectivity index is 0. The maximum atomic E-state index is 8.66. The number of rotatable bonds is 15. The van der Waals surface area contributed by atoms with Crippen LogP contribution in [0.5, 0.6) is 0 Å². The standard InChI is InChI=1S/C17H36O.CH4/c1-2-3-4-5-6-7-8-9-10-11-12-13-14-15-16-17-18;/h18H,2-17H2,1H3;1H4. The van der Waals surface area contributed by atoms with Gasteiger partial charge in [0, 0.05) is 6.61 Å². The highest BCUT2D eigenvalue weighted by Crippen LogP contribution is 2.13. The van der Waals surface area contributed by atoms with Crippen LogP contribution in [0.2, 0.25) is 0 Å². The summed E-state index contributed by atoms with van der Waals surface area (Å²) in [7, 11) is 0. The first-order valence-corrected chi connectivity index (χ1v) is 8.52. The molecule has 0 aromatic heterocycles. The highest BCUT2D eigenvalue weighted by atomic mass is 16.2. The Hall–Kier alpha value is -0.0400. The van der Waals surface area contributed by atoms with Crippen LogP contribution in [0.25, 0.3) is 0 Å². The first kappa shape index (κ1) is 21.3. The number of aliphatic hydroxyl groups is 1. The number of hydrogen-bond donors (Lipinski definition) is 1. The molecule has 0 aromatic carbocycles. The quantitative estimate of drug-likeness (QED) is 0.338. The maximum absolute atomic E-state index is 8.66. The van der Waals surface area contributed by atoms with Gasteiger partial charge in [0.25, 0.3) is 0 Å². The molecular weight excluding hydrogens is 232 g/mol. The summed E-state index contributed by atoms with van der Waals surface area (Å²) in [6, 6.07) is 0. The van der Waals surface area contributed by atoms with E-state index in [1.165, 1.54) is 89.9 Å². The molecule has 0 aromatic rings. The van der Waals surface area contributed by atoms with Crippen LogP contribution in [-0.2, 0) is 0 Å². The molecule has 0 aliphatic heterocycles. The Labute approximate surface area is 123 Å². The van der Waals surface area contributed by atoms with Crippen LogP contribution in [0.4, 0.5) is 0 Å². The molecule has 0 amide bonds. The lowest BCUT2D eigenvalue weighted by atomic mass is 10.0. The summed E-state index contributed by atoms with van der Waals surface area (Å²) in [6.07, 6.45) is 20.7. The lowest BCUT2D eigenvalue weighted by Gasteiger charge is -2.02. The van der Waals surface area contributed by atoms with Crippen molar-refractivity contribution in [2.24, 2.45) is 0 Å². The molecule has 0 rings (SSSR count). The van der Waals surface area contributed by atoms with E-state index in [1.807, 2.05) is 0 Å². The normalized spacial score (nSPS) is 10.4. The molecule has 1 N–H and O–H groups in total. The van der Waals surface area contributed by atoms with Gasteiger partial charge in [-0.2, -0.15) is 0 Å². The van der Waals surface area contributed by atoms with E-state index in [4.69, 9.17) is 5.11 Å². The van der Waals surface area contributed by atoms with E-state index in [-0.39, 0.29) is 7.43 Å². The molecule has 0 unspecified atom stereocenters. The van der Waals surface area contributed by atoms with Crippen molar-refractivity contribution in [2.75, 3.05) is 6.61 Å². The lowest BCUT2D eigenvalue weighted by Crippen LogP contribution is -1.85. The van der Waals surface area contributed by atoms with Crippen molar-refractivity contribution in [2.45, 2.75) is 111 Å². The predicted molar refractivity (Wildman–Crippen MR) is 88.7 cm³/mol. The summed E-state index contributed by atoms with van der Waals surface area (Å²) < 4.78 is 0. The Morgan fingerprint density at radius 3 is 1.00 bits per heavy atom. The third kappa shape index (κ3) is 20.4. The molecule has 0 saturated heterocycles. The van der Waals surface area contributed by atoms with Crippen molar-refractivity contribution in [3.8, 4) is 0 Å². The van der Waals surface area contributed by atoms with Gasteiger partial charge in [0.2, 0.25) is 0 Å². The zero-order valence-electron chi connectivity index (χ0n) is 12.8. The van der Waals surface area contributed by atoms with Gasteiger partial charge in [-0.3, -0.25) is 0 Å². The fourth-order valence-corrected chi connectivity index (χ4v) is 2.48. The molecule has 1 nitrogen and oxygen atoms in total. The lowest BCUT2D eigenvalue weighted by molar-refractivity contribution is 0.282. The van der Waals surface area contributed by atoms with Gasteiger partial charge >= 0.3 is 0 Å². The Kier molecular flexibility index (Phi) is 22.7. The SMILES string of the molecule is C.CCCCCCCCCCCCCCCCCO. The first-order valence-electron chi connectivity index (χ1n) is 8.52. The van der Waals surface area contributed by atoms with Crippen molar-refractivity contribution < 1.29 is 5.11 Å². The van der Waals surface area contributed by atoms with Crippen molar-refractivity contribution >= 4 is 0 Å². The van der Waals surface area contributed by atoms with E-state index >= 15 is 0 Å². The third-order valence-electron chi connectivity index (χ3n) is 3.76. The van der Waals surface area contributed by atoms with Crippen LogP contribution in [0, 0.1) is 0 Å². The average molecular weight is 273 g/mol. The fraction of sp³-hybridized carbons (Fsp3) is 1.00.